The van der Waals surface area contributed by atoms with Crippen molar-refractivity contribution in [1.82, 2.24) is 0 Å². The summed E-state index contributed by atoms with van der Waals surface area (Å²) in [4.78, 5) is 0. The van der Waals surface area contributed by atoms with E-state index in [1.807, 2.05) is 43.2 Å². The first-order valence-corrected chi connectivity index (χ1v) is 7.48. The summed E-state index contributed by atoms with van der Waals surface area (Å²) in [5.74, 6) is 2.66. The Bertz CT molecular complexity index is 59.1. The van der Waals surface area contributed by atoms with E-state index in [9.17, 15) is 0 Å². The summed E-state index contributed by atoms with van der Waals surface area (Å²) in [6.07, 6.45) is 2.20. The van der Waals surface area contributed by atoms with Crippen LogP contribution in [0.1, 0.15) is 0 Å². The highest BCUT2D eigenvalue weighted by atomic mass is 33.5. The van der Waals surface area contributed by atoms with Crippen molar-refractivity contribution in [3.63, 3.8) is 0 Å². The highest BCUT2D eigenvalue weighted by Gasteiger charge is 2.12. The summed E-state index contributed by atoms with van der Waals surface area (Å²) in [6, 6.07) is 0. The molecule has 0 unspecified atom stereocenters. The minimum atomic E-state index is 0.909. The molecule has 1 heterocycles. The molecule has 0 atom stereocenters. The second-order valence-electron chi connectivity index (χ2n) is 1.49. The molecule has 1 aliphatic rings. The first-order chi connectivity index (χ1) is 3.93. The molecule has 1 aliphatic heterocycles. The lowest BCUT2D eigenvalue weighted by Crippen LogP contribution is -2.09. The highest BCUT2D eigenvalue weighted by Crippen LogP contribution is 2.42. The molecule has 1 fully saturated rings. The van der Waals surface area contributed by atoms with Crippen LogP contribution in [0.25, 0.3) is 0 Å². The molecule has 0 aromatic carbocycles. The van der Waals surface area contributed by atoms with Crippen molar-refractivity contribution >= 4 is 43.2 Å². The Labute approximate surface area is 66.1 Å². The molecule has 0 radical (unpaired) electrons. The Hall–Kier alpha value is 1.40. The number of hydrogen-bond acceptors (Lipinski definition) is 4. The van der Waals surface area contributed by atoms with Gasteiger partial charge >= 0.3 is 0 Å². The summed E-state index contributed by atoms with van der Waals surface area (Å²) in [5, 5.41) is 0.909. The standard InChI is InChI=1S/C4H8S4/c1-5-4-2-6-8-7-3-4/h4H,2-3H2,1H3. The third kappa shape index (κ3) is 2.33. The lowest BCUT2D eigenvalue weighted by molar-refractivity contribution is 1.16. The summed E-state index contributed by atoms with van der Waals surface area (Å²) < 4.78 is 0. The van der Waals surface area contributed by atoms with Gasteiger partial charge in [-0.2, -0.15) is 11.8 Å². The molecule has 0 aromatic heterocycles. The Morgan fingerprint density at radius 2 is 2.00 bits per heavy atom. The largest absolute Gasteiger partial charge is 0.160 e. The van der Waals surface area contributed by atoms with E-state index in [2.05, 4.69) is 6.26 Å². The van der Waals surface area contributed by atoms with Crippen molar-refractivity contribution in [2.75, 3.05) is 17.8 Å². The molecule has 0 N–H and O–H groups in total. The molecule has 0 aromatic rings. The van der Waals surface area contributed by atoms with Crippen LogP contribution < -0.4 is 0 Å². The molecule has 0 amide bonds. The predicted molar refractivity (Wildman–Crippen MR) is 49.8 cm³/mol. The first kappa shape index (κ1) is 7.51. The van der Waals surface area contributed by atoms with Crippen LogP contribution in [0, 0.1) is 0 Å². The predicted octanol–water partition coefficient (Wildman–Crippen LogP) is 2.76. The Morgan fingerprint density at radius 3 is 2.38 bits per heavy atom. The molecule has 0 aliphatic carbocycles. The number of hydrogen-bond donors (Lipinski definition) is 0. The molecule has 48 valence electrons. The van der Waals surface area contributed by atoms with Gasteiger partial charge in [-0.05, 0) is 16.1 Å². The van der Waals surface area contributed by atoms with Crippen molar-refractivity contribution in [2.45, 2.75) is 5.25 Å². The fourth-order valence-corrected chi connectivity index (χ4v) is 6.44. The third-order valence-electron chi connectivity index (χ3n) is 0.937. The Kier molecular flexibility index (Phi) is 3.99. The second kappa shape index (κ2) is 4.25. The van der Waals surface area contributed by atoms with E-state index in [-0.39, 0.29) is 0 Å². The zero-order valence-electron chi connectivity index (χ0n) is 4.62. The van der Waals surface area contributed by atoms with Crippen molar-refractivity contribution in [3.8, 4) is 0 Å². The summed E-state index contributed by atoms with van der Waals surface area (Å²) in [7, 11) is 5.91. The van der Waals surface area contributed by atoms with Crippen LogP contribution in [-0.2, 0) is 0 Å². The smallest absolute Gasteiger partial charge is 0.0243 e. The van der Waals surface area contributed by atoms with Gasteiger partial charge in [-0.3, -0.25) is 0 Å². The fourth-order valence-electron chi connectivity index (χ4n) is 0.426. The van der Waals surface area contributed by atoms with E-state index in [4.69, 9.17) is 0 Å². The van der Waals surface area contributed by atoms with E-state index in [0.29, 0.717) is 0 Å². The normalized spacial score (nSPS) is 23.6. The van der Waals surface area contributed by atoms with Crippen molar-refractivity contribution in [3.05, 3.63) is 0 Å². The van der Waals surface area contributed by atoms with Gasteiger partial charge in [-0.25, -0.2) is 0 Å². The second-order valence-corrected chi connectivity index (χ2v) is 6.95. The summed E-state index contributed by atoms with van der Waals surface area (Å²) >= 11 is 1.99. The van der Waals surface area contributed by atoms with Crippen LogP contribution in [0.5, 0.6) is 0 Å². The van der Waals surface area contributed by atoms with E-state index < -0.39 is 0 Å². The monoisotopic (exact) mass is 184 g/mol. The zero-order chi connectivity index (χ0) is 5.82. The van der Waals surface area contributed by atoms with E-state index in [1.54, 1.807) is 0 Å². The minimum absolute atomic E-state index is 0.909. The van der Waals surface area contributed by atoms with Gasteiger partial charge in [-0.15, -0.1) is 0 Å². The van der Waals surface area contributed by atoms with Gasteiger partial charge in [0.15, 0.2) is 0 Å². The number of thioether (sulfide) groups is 1. The SMILES string of the molecule is CSC1CSSSC1. The molecule has 8 heavy (non-hydrogen) atoms. The Balaban J connectivity index is 2.13. The fraction of sp³-hybridized carbons (Fsp3) is 1.00. The topological polar surface area (TPSA) is 0 Å². The molecule has 0 saturated carbocycles. The van der Waals surface area contributed by atoms with Gasteiger partial charge in [0.2, 0.25) is 0 Å². The maximum atomic E-state index is 2.20. The lowest BCUT2D eigenvalue weighted by atomic mass is 10.6. The van der Waals surface area contributed by atoms with Gasteiger partial charge in [0.05, 0.1) is 0 Å². The van der Waals surface area contributed by atoms with Crippen LogP contribution in [0.4, 0.5) is 0 Å². The van der Waals surface area contributed by atoms with Crippen molar-refractivity contribution in [2.24, 2.45) is 0 Å². The van der Waals surface area contributed by atoms with E-state index in [0.717, 1.165) is 5.25 Å². The average Bonchev–Trinajstić information content (AvgIpc) is 1.90. The third-order valence-corrected chi connectivity index (χ3v) is 6.75. The maximum Gasteiger partial charge on any atom is 0.0243 e. The van der Waals surface area contributed by atoms with Crippen LogP contribution in [0.3, 0.4) is 0 Å². The molecule has 1 saturated heterocycles. The van der Waals surface area contributed by atoms with Crippen LogP contribution in [0.15, 0.2) is 0 Å². The number of rotatable bonds is 1. The zero-order valence-corrected chi connectivity index (χ0v) is 7.89. The van der Waals surface area contributed by atoms with Gasteiger partial charge in [0.1, 0.15) is 0 Å². The summed E-state index contributed by atoms with van der Waals surface area (Å²) in [5.41, 5.74) is 0. The summed E-state index contributed by atoms with van der Waals surface area (Å²) in [6.45, 7) is 0. The van der Waals surface area contributed by atoms with Gasteiger partial charge in [0.25, 0.3) is 0 Å². The molecular weight excluding hydrogens is 176 g/mol. The average molecular weight is 184 g/mol. The molecule has 0 nitrogen and oxygen atoms in total. The molecular formula is C4H8S4. The van der Waals surface area contributed by atoms with Gasteiger partial charge in [-0.1, -0.05) is 21.6 Å². The minimum Gasteiger partial charge on any atom is -0.160 e. The van der Waals surface area contributed by atoms with Crippen LogP contribution in [0.2, 0.25) is 0 Å². The molecule has 0 bridgehead atoms. The first-order valence-electron chi connectivity index (χ1n) is 2.37. The maximum absolute atomic E-state index is 2.20. The van der Waals surface area contributed by atoms with Crippen LogP contribution >= 0.6 is 43.2 Å². The van der Waals surface area contributed by atoms with Crippen molar-refractivity contribution in [1.29, 1.82) is 0 Å². The molecule has 1 rings (SSSR count). The van der Waals surface area contributed by atoms with Crippen molar-refractivity contribution < 1.29 is 0 Å². The molecule has 4 heteroatoms. The van der Waals surface area contributed by atoms with Crippen LogP contribution in [-0.4, -0.2) is 23.0 Å². The van der Waals surface area contributed by atoms with E-state index in [1.165, 1.54) is 11.5 Å². The molecule has 0 spiro atoms. The van der Waals surface area contributed by atoms with Gasteiger partial charge < -0.3 is 0 Å². The Morgan fingerprint density at radius 1 is 1.38 bits per heavy atom. The van der Waals surface area contributed by atoms with E-state index >= 15 is 0 Å². The highest BCUT2D eigenvalue weighted by molar-refractivity contribution is 9.09. The lowest BCUT2D eigenvalue weighted by Gasteiger charge is -2.16. The van der Waals surface area contributed by atoms with Gasteiger partial charge in [0, 0.05) is 16.8 Å². The quantitative estimate of drug-likeness (QED) is 0.574.